The van der Waals surface area contributed by atoms with Gasteiger partial charge in [0.15, 0.2) is 6.61 Å². The third kappa shape index (κ3) is 4.73. The van der Waals surface area contributed by atoms with Crippen LogP contribution in [0.4, 0.5) is 0 Å². The lowest BCUT2D eigenvalue weighted by molar-refractivity contribution is -0.123. The van der Waals surface area contributed by atoms with Gasteiger partial charge in [-0.05, 0) is 35.4 Å². The highest BCUT2D eigenvalue weighted by Crippen LogP contribution is 2.29. The molecule has 0 bridgehead atoms. The van der Waals surface area contributed by atoms with E-state index in [-0.39, 0.29) is 12.5 Å². The standard InChI is InChI=1S/C22H19ClN4O2/c23-19-6-7-20(22-18(19)5-2-8-25-22)29-14-21(28)26-12-16-3-1-4-17(11-16)13-27-10-9-24-15-27/h1-11,15H,12-14H2,(H,26,28). The SMILES string of the molecule is O=C(COc1ccc(Cl)c2cccnc12)NCc1cccc(Cn2ccnc2)c1. The van der Waals surface area contributed by atoms with Crippen LogP contribution in [0.15, 0.2) is 73.4 Å². The molecule has 146 valence electrons. The number of fused-ring (bicyclic) bond motifs is 1. The van der Waals surface area contributed by atoms with E-state index in [1.54, 1.807) is 30.9 Å². The zero-order chi connectivity index (χ0) is 20.1. The molecule has 0 atom stereocenters. The molecule has 7 heteroatoms. The maximum Gasteiger partial charge on any atom is 0.258 e. The van der Waals surface area contributed by atoms with Gasteiger partial charge in [0.2, 0.25) is 0 Å². The first kappa shape index (κ1) is 19.0. The molecule has 2 heterocycles. The monoisotopic (exact) mass is 406 g/mol. The highest BCUT2D eigenvalue weighted by molar-refractivity contribution is 6.35. The number of benzene rings is 2. The van der Waals surface area contributed by atoms with Crippen LogP contribution in [0.5, 0.6) is 5.75 Å². The van der Waals surface area contributed by atoms with Crippen LogP contribution >= 0.6 is 11.6 Å². The molecule has 4 aromatic rings. The number of pyridine rings is 1. The van der Waals surface area contributed by atoms with Gasteiger partial charge < -0.3 is 14.6 Å². The van der Waals surface area contributed by atoms with Crippen LogP contribution in [0.3, 0.4) is 0 Å². The van der Waals surface area contributed by atoms with E-state index in [1.165, 1.54) is 0 Å². The number of aromatic nitrogens is 3. The fourth-order valence-electron chi connectivity index (χ4n) is 3.05. The first-order valence-electron chi connectivity index (χ1n) is 9.15. The number of nitrogens with zero attached hydrogens (tertiary/aromatic N) is 3. The minimum atomic E-state index is -0.205. The van der Waals surface area contributed by atoms with Crippen molar-refractivity contribution in [3.8, 4) is 5.75 Å². The van der Waals surface area contributed by atoms with E-state index in [0.717, 1.165) is 23.1 Å². The highest BCUT2D eigenvalue weighted by Gasteiger charge is 2.09. The van der Waals surface area contributed by atoms with Crippen molar-refractivity contribution in [2.75, 3.05) is 6.61 Å². The fourth-order valence-corrected chi connectivity index (χ4v) is 3.27. The van der Waals surface area contributed by atoms with E-state index in [9.17, 15) is 4.79 Å². The number of hydrogen-bond acceptors (Lipinski definition) is 4. The Balaban J connectivity index is 1.33. The average Bonchev–Trinajstić information content (AvgIpc) is 3.25. The lowest BCUT2D eigenvalue weighted by Crippen LogP contribution is -2.28. The molecular formula is C22H19ClN4O2. The highest BCUT2D eigenvalue weighted by atomic mass is 35.5. The largest absolute Gasteiger partial charge is 0.481 e. The van der Waals surface area contributed by atoms with Gasteiger partial charge in [-0.3, -0.25) is 9.78 Å². The topological polar surface area (TPSA) is 69.0 Å². The fraction of sp³-hybridized carbons (Fsp3) is 0.136. The van der Waals surface area contributed by atoms with Crippen molar-refractivity contribution in [3.63, 3.8) is 0 Å². The van der Waals surface area contributed by atoms with Crippen LogP contribution < -0.4 is 10.1 Å². The molecule has 0 unspecified atom stereocenters. The number of nitrogens with one attached hydrogen (secondary N) is 1. The molecule has 0 aliphatic rings. The van der Waals surface area contributed by atoms with Gasteiger partial charge in [0.05, 0.1) is 11.3 Å². The first-order valence-corrected chi connectivity index (χ1v) is 9.53. The Morgan fingerprint density at radius 1 is 1.10 bits per heavy atom. The summed E-state index contributed by atoms with van der Waals surface area (Å²) in [4.78, 5) is 20.6. The Morgan fingerprint density at radius 3 is 2.86 bits per heavy atom. The third-order valence-corrected chi connectivity index (χ3v) is 4.77. The van der Waals surface area contributed by atoms with Crippen LogP contribution in [0.1, 0.15) is 11.1 Å². The van der Waals surface area contributed by atoms with Gasteiger partial charge >= 0.3 is 0 Å². The second kappa shape index (κ2) is 8.75. The van der Waals surface area contributed by atoms with Crippen molar-refractivity contribution in [1.29, 1.82) is 0 Å². The average molecular weight is 407 g/mol. The number of rotatable bonds is 7. The van der Waals surface area contributed by atoms with Gasteiger partial charge in [-0.2, -0.15) is 0 Å². The van der Waals surface area contributed by atoms with E-state index in [1.807, 2.05) is 41.1 Å². The van der Waals surface area contributed by atoms with Gasteiger partial charge in [0.1, 0.15) is 11.3 Å². The van der Waals surface area contributed by atoms with Gasteiger partial charge in [-0.25, -0.2) is 4.98 Å². The minimum absolute atomic E-state index is 0.0952. The Kier molecular flexibility index (Phi) is 5.72. The molecule has 0 saturated heterocycles. The van der Waals surface area contributed by atoms with Gasteiger partial charge in [-0.15, -0.1) is 0 Å². The zero-order valence-corrected chi connectivity index (χ0v) is 16.3. The van der Waals surface area contributed by atoms with Gasteiger partial charge in [0.25, 0.3) is 5.91 Å². The molecule has 1 amide bonds. The number of ether oxygens (including phenoxy) is 1. The Labute approximate surface area is 173 Å². The Hall–Kier alpha value is -3.38. The quantitative estimate of drug-likeness (QED) is 0.506. The van der Waals surface area contributed by atoms with Crippen molar-refractivity contribution < 1.29 is 9.53 Å². The molecule has 0 saturated carbocycles. The number of imidazole rings is 1. The normalized spacial score (nSPS) is 10.8. The number of amides is 1. The second-order valence-corrected chi connectivity index (χ2v) is 6.97. The van der Waals surface area contributed by atoms with E-state index >= 15 is 0 Å². The van der Waals surface area contributed by atoms with Crippen LogP contribution in [-0.4, -0.2) is 27.0 Å². The maximum absolute atomic E-state index is 12.2. The summed E-state index contributed by atoms with van der Waals surface area (Å²) in [5, 5.41) is 4.28. The molecule has 0 aliphatic heterocycles. The summed E-state index contributed by atoms with van der Waals surface area (Å²) >= 11 is 6.19. The molecule has 0 aliphatic carbocycles. The number of carbonyl (C=O) groups excluding carboxylic acids is 1. The molecule has 2 aromatic carbocycles. The first-order chi connectivity index (χ1) is 14.2. The zero-order valence-electron chi connectivity index (χ0n) is 15.6. The van der Waals surface area contributed by atoms with E-state index in [0.29, 0.717) is 22.8 Å². The molecule has 0 spiro atoms. The van der Waals surface area contributed by atoms with Crippen LogP contribution in [-0.2, 0) is 17.9 Å². The van der Waals surface area contributed by atoms with E-state index < -0.39 is 0 Å². The molecule has 2 aromatic heterocycles. The maximum atomic E-state index is 12.2. The lowest BCUT2D eigenvalue weighted by atomic mass is 10.1. The molecule has 29 heavy (non-hydrogen) atoms. The molecule has 4 rings (SSSR count). The summed E-state index contributed by atoms with van der Waals surface area (Å²) < 4.78 is 7.67. The number of hydrogen-bond donors (Lipinski definition) is 1. The minimum Gasteiger partial charge on any atom is -0.481 e. The predicted octanol–water partition coefficient (Wildman–Crippen LogP) is 3.83. The van der Waals surface area contributed by atoms with E-state index in [4.69, 9.17) is 16.3 Å². The Bertz CT molecular complexity index is 1130. The lowest BCUT2D eigenvalue weighted by Gasteiger charge is -2.11. The van der Waals surface area contributed by atoms with Crippen molar-refractivity contribution in [2.45, 2.75) is 13.1 Å². The summed E-state index contributed by atoms with van der Waals surface area (Å²) in [6.45, 7) is 1.07. The van der Waals surface area contributed by atoms with Crippen molar-refractivity contribution in [2.24, 2.45) is 0 Å². The summed E-state index contributed by atoms with van der Waals surface area (Å²) in [5.74, 6) is 0.325. The number of carbonyl (C=O) groups is 1. The molecule has 6 nitrogen and oxygen atoms in total. The van der Waals surface area contributed by atoms with Crippen LogP contribution in [0, 0.1) is 0 Å². The van der Waals surface area contributed by atoms with Gasteiger partial charge in [-0.1, -0.05) is 35.9 Å². The van der Waals surface area contributed by atoms with Crippen LogP contribution in [0.25, 0.3) is 10.9 Å². The van der Waals surface area contributed by atoms with Gasteiger partial charge in [0, 0.05) is 37.1 Å². The second-order valence-electron chi connectivity index (χ2n) is 6.57. The summed E-state index contributed by atoms with van der Waals surface area (Å²) in [5.41, 5.74) is 2.80. The molecule has 1 N–H and O–H groups in total. The Morgan fingerprint density at radius 2 is 2.00 bits per heavy atom. The molecular weight excluding hydrogens is 388 g/mol. The van der Waals surface area contributed by atoms with Crippen molar-refractivity contribution >= 4 is 28.4 Å². The van der Waals surface area contributed by atoms with Crippen molar-refractivity contribution in [1.82, 2.24) is 19.9 Å². The summed E-state index contributed by atoms with van der Waals surface area (Å²) in [7, 11) is 0. The summed E-state index contributed by atoms with van der Waals surface area (Å²) in [6, 6.07) is 15.2. The van der Waals surface area contributed by atoms with E-state index in [2.05, 4.69) is 21.4 Å². The van der Waals surface area contributed by atoms with Crippen molar-refractivity contribution in [3.05, 3.63) is 89.6 Å². The molecule has 0 radical (unpaired) electrons. The summed E-state index contributed by atoms with van der Waals surface area (Å²) in [6.07, 6.45) is 7.12. The molecule has 0 fully saturated rings. The third-order valence-electron chi connectivity index (χ3n) is 4.44. The number of halogens is 1. The smallest absolute Gasteiger partial charge is 0.258 e. The predicted molar refractivity (Wildman–Crippen MR) is 112 cm³/mol. The van der Waals surface area contributed by atoms with Crippen LogP contribution in [0.2, 0.25) is 5.02 Å².